The molecule has 6 nitrogen and oxygen atoms in total. The second-order valence-electron chi connectivity index (χ2n) is 3.98. The number of aromatic hydroxyl groups is 1. The molecule has 0 spiro atoms. The van der Waals surface area contributed by atoms with E-state index in [0.29, 0.717) is 5.56 Å². The number of phenols is 1. The van der Waals surface area contributed by atoms with Crippen LogP contribution in [0.3, 0.4) is 0 Å². The van der Waals surface area contributed by atoms with Gasteiger partial charge in [0.2, 0.25) is 0 Å². The van der Waals surface area contributed by atoms with Gasteiger partial charge in [-0.15, -0.1) is 6.42 Å². The summed E-state index contributed by atoms with van der Waals surface area (Å²) in [5.74, 6) is 0.159. The Labute approximate surface area is 135 Å². The molecule has 6 heteroatoms. The van der Waals surface area contributed by atoms with Crippen LogP contribution in [0.15, 0.2) is 41.0 Å². The number of hydrogen-bond acceptors (Lipinski definition) is 4. The third-order valence-corrected chi connectivity index (χ3v) is 2.24. The van der Waals surface area contributed by atoms with Gasteiger partial charge in [-0.2, -0.15) is 0 Å². The largest absolute Gasteiger partial charge is 0.508 e. The number of aryl methyl sites for hydroxylation is 2. The maximum absolute atomic E-state index is 10.5. The fourth-order valence-corrected chi connectivity index (χ4v) is 1.20. The first-order valence-corrected chi connectivity index (χ1v) is 6.00. The molecule has 1 heterocycles. The van der Waals surface area contributed by atoms with Crippen LogP contribution in [0.5, 0.6) is 5.75 Å². The summed E-state index contributed by atoms with van der Waals surface area (Å²) < 4.78 is 4.83. The molecule has 0 aliphatic rings. The van der Waals surface area contributed by atoms with E-state index in [1.54, 1.807) is 19.3 Å². The van der Waals surface area contributed by atoms with E-state index in [1.165, 1.54) is 18.1 Å². The molecule has 0 fully saturated rings. The smallest absolute Gasteiger partial charge is 0.381 e. The monoisotopic (exact) mass is 320 g/mol. The van der Waals surface area contributed by atoms with Crippen LogP contribution in [0.2, 0.25) is 0 Å². The Morgan fingerprint density at radius 2 is 1.74 bits per heavy atom. The molecule has 0 aliphatic heterocycles. The quantitative estimate of drug-likeness (QED) is 0.696. The van der Waals surface area contributed by atoms with Crippen LogP contribution in [0.25, 0.3) is 0 Å². The summed E-state index contributed by atoms with van der Waals surface area (Å²) in [6, 6.07) is 8.05. The minimum atomic E-state index is -1.22. The van der Waals surface area contributed by atoms with Crippen molar-refractivity contribution in [1.29, 1.82) is 0 Å². The Hall–Kier alpha value is -3.20. The fourth-order valence-electron chi connectivity index (χ4n) is 1.20. The Balaban J connectivity index is 0. The van der Waals surface area contributed by atoms with Crippen LogP contribution < -0.4 is 0 Å². The van der Waals surface area contributed by atoms with Crippen LogP contribution in [0.1, 0.15) is 29.1 Å². The number of furan rings is 1. The zero-order valence-corrected chi connectivity index (χ0v) is 12.1. The van der Waals surface area contributed by atoms with E-state index < -0.39 is 11.9 Å². The van der Waals surface area contributed by atoms with Crippen molar-refractivity contribution in [2.24, 2.45) is 0 Å². The summed E-state index contributed by atoms with van der Waals surface area (Å²) >= 11 is 0. The van der Waals surface area contributed by atoms with Gasteiger partial charge in [-0.25, -0.2) is 9.59 Å². The third kappa shape index (κ3) is 10.2. The molecule has 0 unspecified atom stereocenters. The van der Waals surface area contributed by atoms with E-state index >= 15 is 0 Å². The number of terminal acetylenes is 1. The van der Waals surface area contributed by atoms with Crippen molar-refractivity contribution in [2.45, 2.75) is 21.3 Å². The first-order valence-electron chi connectivity index (χ1n) is 6.00. The molecule has 124 valence electrons. The molecule has 0 aliphatic carbocycles. The summed E-state index contributed by atoms with van der Waals surface area (Å²) in [6.45, 7) is 3.60. The zero-order chi connectivity index (χ0) is 17.1. The lowest BCUT2D eigenvalue weighted by atomic mass is 10.1. The number of phenolic OH excluding ortho intramolecular Hbond substituents is 1. The molecule has 3 N–H and O–H groups in total. The summed E-state index contributed by atoms with van der Waals surface area (Å²) in [6.07, 6.45) is 5.98. The van der Waals surface area contributed by atoms with Crippen molar-refractivity contribution in [1.82, 2.24) is 0 Å². The molecule has 1 aromatic heterocycles. The lowest BCUT2D eigenvalue weighted by molar-refractivity contribution is -0.130. The van der Waals surface area contributed by atoms with Gasteiger partial charge < -0.3 is 19.7 Å². The van der Waals surface area contributed by atoms with E-state index in [1.807, 2.05) is 19.1 Å². The Kier molecular flexibility index (Phi) is 11.0. The number of carbonyl (C=O) groups is 2. The number of rotatable bonds is 1. The van der Waals surface area contributed by atoms with Gasteiger partial charge in [0.05, 0.1) is 11.8 Å². The van der Waals surface area contributed by atoms with E-state index in [4.69, 9.17) is 24.5 Å². The molecule has 0 amide bonds. The van der Waals surface area contributed by atoms with Gasteiger partial charge in [-0.3, -0.25) is 0 Å². The Morgan fingerprint density at radius 1 is 1.17 bits per heavy atom. The molecule has 0 saturated carbocycles. The van der Waals surface area contributed by atoms with Gasteiger partial charge in [0.15, 0.2) is 0 Å². The first kappa shape index (κ1) is 22.1. The SMILES string of the molecule is C.C#CC(=O)O.Cc1ccc(O)cc1C(=O)O.Cc1ccco1. The first-order chi connectivity index (χ1) is 10.3. The summed E-state index contributed by atoms with van der Waals surface area (Å²) in [5, 5.41) is 25.0. The standard InChI is InChI=1S/C8H8O3.C5H6O.C3H2O2.CH4/c1-5-2-3-6(9)4-7(5)8(10)11;1-5-3-2-4-6-5;1-2-3(4)5;/h2-4,9H,1H3,(H,10,11);2-4H,1H3;1H,(H,4,5);1H4. The van der Waals surface area contributed by atoms with Crippen molar-refractivity contribution >= 4 is 11.9 Å². The van der Waals surface area contributed by atoms with E-state index in [-0.39, 0.29) is 18.7 Å². The zero-order valence-electron chi connectivity index (χ0n) is 12.1. The van der Waals surface area contributed by atoms with E-state index in [9.17, 15) is 4.79 Å². The third-order valence-electron chi connectivity index (χ3n) is 2.24. The molecule has 2 aromatic rings. The predicted octanol–water partition coefficient (Wildman–Crippen LogP) is 3.33. The highest BCUT2D eigenvalue weighted by Gasteiger charge is 2.06. The van der Waals surface area contributed by atoms with Gasteiger partial charge in [-0.1, -0.05) is 13.5 Å². The maximum Gasteiger partial charge on any atom is 0.381 e. The van der Waals surface area contributed by atoms with Crippen LogP contribution in [0.4, 0.5) is 0 Å². The average Bonchev–Trinajstić information content (AvgIpc) is 2.93. The molecular formula is C17H20O6. The molecular weight excluding hydrogens is 300 g/mol. The minimum absolute atomic E-state index is 0. The van der Waals surface area contributed by atoms with E-state index in [0.717, 1.165) is 5.76 Å². The molecule has 0 saturated heterocycles. The molecule has 0 radical (unpaired) electrons. The summed E-state index contributed by atoms with van der Waals surface area (Å²) in [5.41, 5.74) is 0.792. The topological polar surface area (TPSA) is 108 Å². The lowest BCUT2D eigenvalue weighted by Crippen LogP contribution is -1.98. The predicted molar refractivity (Wildman–Crippen MR) is 86.4 cm³/mol. The molecule has 0 bridgehead atoms. The van der Waals surface area contributed by atoms with Gasteiger partial charge in [-0.05, 0) is 43.7 Å². The fraction of sp³-hybridized carbons (Fsp3) is 0.176. The number of carboxylic acids is 2. The van der Waals surface area contributed by atoms with E-state index in [2.05, 4.69) is 6.42 Å². The second kappa shape index (κ2) is 11.5. The molecule has 2 rings (SSSR count). The van der Waals surface area contributed by atoms with Crippen molar-refractivity contribution in [3.05, 3.63) is 53.5 Å². The number of carboxylic acid groups (broad SMARTS) is 2. The van der Waals surface area contributed by atoms with Crippen LogP contribution in [0, 0.1) is 26.2 Å². The summed E-state index contributed by atoms with van der Waals surface area (Å²) in [4.78, 5) is 19.6. The molecule has 1 aromatic carbocycles. The van der Waals surface area contributed by atoms with Crippen LogP contribution in [-0.2, 0) is 4.79 Å². The van der Waals surface area contributed by atoms with Crippen molar-refractivity contribution in [3.63, 3.8) is 0 Å². The number of benzene rings is 1. The van der Waals surface area contributed by atoms with Gasteiger partial charge in [0, 0.05) is 5.92 Å². The lowest BCUT2D eigenvalue weighted by Gasteiger charge is -1.99. The van der Waals surface area contributed by atoms with Gasteiger partial charge in [0.25, 0.3) is 0 Å². The number of hydrogen-bond donors (Lipinski definition) is 3. The Morgan fingerprint density at radius 3 is 2.00 bits per heavy atom. The van der Waals surface area contributed by atoms with Crippen molar-refractivity contribution < 1.29 is 29.3 Å². The number of aromatic carboxylic acids is 1. The Bertz CT molecular complexity index is 650. The molecule has 0 atom stereocenters. The average molecular weight is 320 g/mol. The van der Waals surface area contributed by atoms with Crippen LogP contribution >= 0.6 is 0 Å². The van der Waals surface area contributed by atoms with Crippen LogP contribution in [-0.4, -0.2) is 27.3 Å². The minimum Gasteiger partial charge on any atom is -0.508 e. The highest BCUT2D eigenvalue weighted by Crippen LogP contribution is 2.15. The van der Waals surface area contributed by atoms with Gasteiger partial charge in [0.1, 0.15) is 11.5 Å². The summed E-state index contributed by atoms with van der Waals surface area (Å²) in [7, 11) is 0. The van der Waals surface area contributed by atoms with Crippen molar-refractivity contribution in [3.8, 4) is 18.1 Å². The molecule has 23 heavy (non-hydrogen) atoms. The number of aliphatic carboxylic acids is 1. The maximum atomic E-state index is 10.5. The highest BCUT2D eigenvalue weighted by molar-refractivity contribution is 5.89. The second-order valence-corrected chi connectivity index (χ2v) is 3.98. The van der Waals surface area contributed by atoms with Gasteiger partial charge >= 0.3 is 11.9 Å². The highest BCUT2D eigenvalue weighted by atomic mass is 16.4. The normalized spacial score (nSPS) is 8.04. The van der Waals surface area contributed by atoms with Crippen molar-refractivity contribution in [2.75, 3.05) is 0 Å².